The molecular formula is C16H24N2O2. The highest BCUT2D eigenvalue weighted by Crippen LogP contribution is 2.31. The van der Waals surface area contributed by atoms with Gasteiger partial charge in [-0.15, -0.1) is 0 Å². The molecule has 4 nitrogen and oxygen atoms in total. The second-order valence-corrected chi connectivity index (χ2v) is 6.04. The van der Waals surface area contributed by atoms with Gasteiger partial charge < -0.3 is 5.32 Å². The van der Waals surface area contributed by atoms with Gasteiger partial charge in [0.25, 0.3) is 5.69 Å². The third-order valence-corrected chi connectivity index (χ3v) is 4.48. The Balaban J connectivity index is 2.12. The van der Waals surface area contributed by atoms with E-state index < -0.39 is 0 Å². The lowest BCUT2D eigenvalue weighted by Gasteiger charge is -2.29. The maximum absolute atomic E-state index is 10.9. The molecule has 4 heteroatoms. The summed E-state index contributed by atoms with van der Waals surface area (Å²) < 4.78 is 0. The van der Waals surface area contributed by atoms with Crippen LogP contribution in [0.2, 0.25) is 0 Å². The monoisotopic (exact) mass is 276 g/mol. The molecule has 0 aromatic heterocycles. The van der Waals surface area contributed by atoms with Gasteiger partial charge in [-0.25, -0.2) is 0 Å². The van der Waals surface area contributed by atoms with E-state index in [-0.39, 0.29) is 10.6 Å². The lowest BCUT2D eigenvalue weighted by Crippen LogP contribution is -2.28. The highest BCUT2D eigenvalue weighted by molar-refractivity contribution is 5.59. The number of anilines is 1. The van der Waals surface area contributed by atoms with Crippen LogP contribution in [-0.2, 0) is 0 Å². The topological polar surface area (TPSA) is 55.2 Å². The third-order valence-electron chi connectivity index (χ3n) is 4.48. The maximum atomic E-state index is 10.9. The average Bonchev–Trinajstić information content (AvgIpc) is 2.43. The third kappa shape index (κ3) is 3.30. The molecule has 1 aromatic rings. The van der Waals surface area contributed by atoms with Crippen LogP contribution in [0.5, 0.6) is 0 Å². The van der Waals surface area contributed by atoms with Crippen molar-refractivity contribution in [1.29, 1.82) is 0 Å². The Morgan fingerprint density at radius 3 is 2.45 bits per heavy atom. The molecule has 1 unspecified atom stereocenters. The lowest BCUT2D eigenvalue weighted by molar-refractivity contribution is -0.385. The summed E-state index contributed by atoms with van der Waals surface area (Å²) in [6.45, 7) is 5.96. The molecule has 1 N–H and O–H groups in total. The molecule has 1 atom stereocenters. The van der Waals surface area contributed by atoms with Crippen LogP contribution in [0.1, 0.15) is 50.2 Å². The molecule has 0 spiro atoms. The maximum Gasteiger partial charge on any atom is 0.272 e. The van der Waals surface area contributed by atoms with Gasteiger partial charge in [0.1, 0.15) is 0 Å². The van der Waals surface area contributed by atoms with Crippen molar-refractivity contribution in [2.75, 3.05) is 5.32 Å². The first-order valence-corrected chi connectivity index (χ1v) is 7.51. The molecule has 2 rings (SSSR count). The van der Waals surface area contributed by atoms with E-state index in [0.717, 1.165) is 22.7 Å². The SMILES string of the molecule is Cc1cc([N+](=O)[O-])c(C)cc1NC(C)C1CCCCC1. The van der Waals surface area contributed by atoms with Gasteiger partial charge in [0, 0.05) is 23.4 Å². The van der Waals surface area contributed by atoms with Gasteiger partial charge >= 0.3 is 0 Å². The Morgan fingerprint density at radius 2 is 1.85 bits per heavy atom. The summed E-state index contributed by atoms with van der Waals surface area (Å²) >= 11 is 0. The van der Waals surface area contributed by atoms with Crippen molar-refractivity contribution in [3.63, 3.8) is 0 Å². The zero-order valence-electron chi connectivity index (χ0n) is 12.6. The van der Waals surface area contributed by atoms with E-state index in [9.17, 15) is 10.1 Å². The number of nitro groups is 1. The number of nitrogens with zero attached hydrogens (tertiary/aromatic N) is 1. The quantitative estimate of drug-likeness (QED) is 0.646. The normalized spacial score (nSPS) is 17.8. The van der Waals surface area contributed by atoms with Crippen LogP contribution in [0.3, 0.4) is 0 Å². The summed E-state index contributed by atoms with van der Waals surface area (Å²) in [6, 6.07) is 4.01. The molecule has 1 saturated carbocycles. The zero-order chi connectivity index (χ0) is 14.7. The molecule has 0 bridgehead atoms. The average molecular weight is 276 g/mol. The molecule has 1 fully saturated rings. The molecule has 0 saturated heterocycles. The number of nitrogens with one attached hydrogen (secondary N) is 1. The molecule has 0 radical (unpaired) electrons. The fraction of sp³-hybridized carbons (Fsp3) is 0.625. The van der Waals surface area contributed by atoms with Crippen molar-refractivity contribution in [2.24, 2.45) is 5.92 Å². The summed E-state index contributed by atoms with van der Waals surface area (Å²) in [5.41, 5.74) is 2.91. The number of aryl methyl sites for hydroxylation is 2. The molecule has 0 amide bonds. The van der Waals surface area contributed by atoms with Gasteiger partial charge in [0.05, 0.1) is 4.92 Å². The van der Waals surface area contributed by atoms with Crippen LogP contribution in [-0.4, -0.2) is 11.0 Å². The van der Waals surface area contributed by atoms with Crippen LogP contribution >= 0.6 is 0 Å². The first-order chi connectivity index (χ1) is 9.49. The number of hydrogen-bond donors (Lipinski definition) is 1. The highest BCUT2D eigenvalue weighted by atomic mass is 16.6. The van der Waals surface area contributed by atoms with E-state index in [1.807, 2.05) is 13.0 Å². The van der Waals surface area contributed by atoms with E-state index in [0.29, 0.717) is 6.04 Å². The fourth-order valence-corrected chi connectivity index (χ4v) is 3.15. The van der Waals surface area contributed by atoms with Crippen molar-refractivity contribution >= 4 is 11.4 Å². The van der Waals surface area contributed by atoms with Crippen molar-refractivity contribution in [3.8, 4) is 0 Å². The minimum atomic E-state index is -0.309. The van der Waals surface area contributed by atoms with E-state index in [4.69, 9.17) is 0 Å². The van der Waals surface area contributed by atoms with Crippen molar-refractivity contribution < 1.29 is 4.92 Å². The van der Waals surface area contributed by atoms with Gasteiger partial charge in [-0.1, -0.05) is 19.3 Å². The van der Waals surface area contributed by atoms with Crippen LogP contribution < -0.4 is 5.32 Å². The summed E-state index contributed by atoms with van der Waals surface area (Å²) in [5, 5.41) is 14.5. The van der Waals surface area contributed by atoms with E-state index in [1.54, 1.807) is 13.0 Å². The van der Waals surface area contributed by atoms with Gasteiger partial charge in [0.2, 0.25) is 0 Å². The molecule has 110 valence electrons. The van der Waals surface area contributed by atoms with Gasteiger partial charge in [-0.3, -0.25) is 10.1 Å². The lowest BCUT2D eigenvalue weighted by atomic mass is 9.84. The molecule has 1 aliphatic rings. The minimum Gasteiger partial charge on any atom is -0.382 e. The van der Waals surface area contributed by atoms with E-state index in [2.05, 4.69) is 12.2 Å². The Bertz CT molecular complexity index is 493. The van der Waals surface area contributed by atoms with Crippen LogP contribution in [0, 0.1) is 29.9 Å². The first kappa shape index (κ1) is 14.8. The Morgan fingerprint density at radius 1 is 1.20 bits per heavy atom. The number of rotatable bonds is 4. The first-order valence-electron chi connectivity index (χ1n) is 7.51. The molecular weight excluding hydrogens is 252 g/mol. The van der Waals surface area contributed by atoms with Gasteiger partial charge in [0.15, 0.2) is 0 Å². The Kier molecular flexibility index (Phi) is 4.63. The highest BCUT2D eigenvalue weighted by Gasteiger charge is 2.21. The fourth-order valence-electron chi connectivity index (χ4n) is 3.15. The summed E-state index contributed by atoms with van der Waals surface area (Å²) in [7, 11) is 0. The summed E-state index contributed by atoms with van der Waals surface area (Å²) in [6.07, 6.45) is 6.60. The number of hydrogen-bond acceptors (Lipinski definition) is 3. The van der Waals surface area contributed by atoms with Crippen LogP contribution in [0.25, 0.3) is 0 Å². The number of nitro benzene ring substituents is 1. The van der Waals surface area contributed by atoms with Crippen molar-refractivity contribution in [3.05, 3.63) is 33.4 Å². The molecule has 0 aliphatic heterocycles. The predicted molar refractivity (Wildman–Crippen MR) is 82.2 cm³/mol. The van der Waals surface area contributed by atoms with Crippen molar-refractivity contribution in [1.82, 2.24) is 0 Å². The molecule has 1 aromatic carbocycles. The Labute approximate surface area is 120 Å². The second-order valence-electron chi connectivity index (χ2n) is 6.04. The predicted octanol–water partition coefficient (Wildman–Crippen LogP) is 4.59. The van der Waals surface area contributed by atoms with Gasteiger partial charge in [-0.05, 0) is 51.2 Å². The molecule has 0 heterocycles. The molecule has 1 aliphatic carbocycles. The van der Waals surface area contributed by atoms with E-state index in [1.165, 1.54) is 32.1 Å². The van der Waals surface area contributed by atoms with Crippen LogP contribution in [0.15, 0.2) is 12.1 Å². The zero-order valence-corrected chi connectivity index (χ0v) is 12.6. The standard InChI is InChI=1S/C16H24N2O2/c1-11-10-16(18(19)20)12(2)9-15(11)17-13(3)14-7-5-4-6-8-14/h9-10,13-14,17H,4-8H2,1-3H3. The van der Waals surface area contributed by atoms with Gasteiger partial charge in [-0.2, -0.15) is 0 Å². The Hall–Kier alpha value is -1.58. The summed E-state index contributed by atoms with van der Waals surface area (Å²) in [4.78, 5) is 10.6. The smallest absolute Gasteiger partial charge is 0.272 e. The molecule has 20 heavy (non-hydrogen) atoms. The largest absolute Gasteiger partial charge is 0.382 e. The van der Waals surface area contributed by atoms with Crippen molar-refractivity contribution in [2.45, 2.75) is 58.9 Å². The van der Waals surface area contributed by atoms with E-state index >= 15 is 0 Å². The number of benzene rings is 1. The summed E-state index contributed by atoms with van der Waals surface area (Å²) in [5.74, 6) is 0.721. The van der Waals surface area contributed by atoms with Crippen LogP contribution in [0.4, 0.5) is 11.4 Å². The minimum absolute atomic E-state index is 0.207. The second kappa shape index (κ2) is 6.25.